The third-order valence-corrected chi connectivity index (χ3v) is 3.46. The standard InChI is InChI=1S/C15H12BrN3/c1-9-3-2-4-10(7-9)15-18-13-6-5-11(16)8-12(13)14(17)19-15/h2-8H,1H3,(H2,17,18,19). The number of aryl methyl sites for hydroxylation is 1. The Kier molecular flexibility index (Phi) is 2.95. The topological polar surface area (TPSA) is 51.8 Å². The minimum Gasteiger partial charge on any atom is -0.383 e. The summed E-state index contributed by atoms with van der Waals surface area (Å²) in [5.74, 6) is 1.17. The first-order valence-corrected chi connectivity index (χ1v) is 6.72. The average molecular weight is 314 g/mol. The van der Waals surface area contributed by atoms with E-state index in [0.29, 0.717) is 11.6 Å². The van der Waals surface area contributed by atoms with Crippen molar-refractivity contribution in [3.8, 4) is 11.4 Å². The minimum atomic E-state index is 0.503. The lowest BCUT2D eigenvalue weighted by atomic mass is 10.1. The Morgan fingerprint density at radius 2 is 1.89 bits per heavy atom. The number of aromatic nitrogens is 2. The van der Waals surface area contributed by atoms with Crippen molar-refractivity contribution in [1.29, 1.82) is 0 Å². The van der Waals surface area contributed by atoms with Crippen molar-refractivity contribution in [2.24, 2.45) is 0 Å². The Hall–Kier alpha value is -1.94. The van der Waals surface area contributed by atoms with Gasteiger partial charge in [0.25, 0.3) is 0 Å². The molecule has 0 bridgehead atoms. The Balaban J connectivity index is 2.24. The van der Waals surface area contributed by atoms with Crippen LogP contribution in [0.1, 0.15) is 5.56 Å². The van der Waals surface area contributed by atoms with Gasteiger partial charge in [-0.2, -0.15) is 0 Å². The summed E-state index contributed by atoms with van der Waals surface area (Å²) in [6, 6.07) is 13.9. The van der Waals surface area contributed by atoms with Gasteiger partial charge < -0.3 is 5.73 Å². The summed E-state index contributed by atoms with van der Waals surface area (Å²) in [4.78, 5) is 8.98. The molecular formula is C15H12BrN3. The number of anilines is 1. The van der Waals surface area contributed by atoms with E-state index in [2.05, 4.69) is 32.0 Å². The maximum absolute atomic E-state index is 6.03. The van der Waals surface area contributed by atoms with Crippen molar-refractivity contribution in [2.75, 3.05) is 5.73 Å². The number of halogens is 1. The first-order chi connectivity index (χ1) is 9.13. The van der Waals surface area contributed by atoms with Gasteiger partial charge >= 0.3 is 0 Å². The van der Waals surface area contributed by atoms with Crippen molar-refractivity contribution in [3.63, 3.8) is 0 Å². The highest BCUT2D eigenvalue weighted by Gasteiger charge is 2.07. The lowest BCUT2D eigenvalue weighted by Crippen LogP contribution is -1.98. The molecule has 0 saturated heterocycles. The van der Waals surface area contributed by atoms with Crippen LogP contribution in [0, 0.1) is 6.92 Å². The predicted molar refractivity (Wildman–Crippen MR) is 81.8 cm³/mol. The van der Waals surface area contributed by atoms with E-state index in [9.17, 15) is 0 Å². The zero-order valence-corrected chi connectivity index (χ0v) is 12.0. The highest BCUT2D eigenvalue weighted by Crippen LogP contribution is 2.26. The second-order valence-corrected chi connectivity index (χ2v) is 5.38. The number of nitrogens with zero attached hydrogens (tertiary/aromatic N) is 2. The molecular weight excluding hydrogens is 302 g/mol. The normalized spacial score (nSPS) is 10.8. The van der Waals surface area contributed by atoms with Gasteiger partial charge in [-0.05, 0) is 31.2 Å². The fourth-order valence-electron chi connectivity index (χ4n) is 2.04. The Bertz CT molecular complexity index is 768. The van der Waals surface area contributed by atoms with E-state index in [4.69, 9.17) is 5.73 Å². The van der Waals surface area contributed by atoms with E-state index in [1.54, 1.807) is 0 Å². The minimum absolute atomic E-state index is 0.503. The van der Waals surface area contributed by atoms with Gasteiger partial charge in [0.2, 0.25) is 0 Å². The van der Waals surface area contributed by atoms with Crippen molar-refractivity contribution < 1.29 is 0 Å². The van der Waals surface area contributed by atoms with Gasteiger partial charge in [0.15, 0.2) is 5.82 Å². The van der Waals surface area contributed by atoms with Crippen LogP contribution in [0.3, 0.4) is 0 Å². The number of nitrogen functional groups attached to an aromatic ring is 1. The summed E-state index contributed by atoms with van der Waals surface area (Å²) < 4.78 is 0.971. The Morgan fingerprint density at radius 3 is 2.68 bits per heavy atom. The van der Waals surface area contributed by atoms with Crippen LogP contribution in [0.5, 0.6) is 0 Å². The van der Waals surface area contributed by atoms with Crippen molar-refractivity contribution in [3.05, 3.63) is 52.5 Å². The van der Waals surface area contributed by atoms with Gasteiger partial charge in [-0.15, -0.1) is 0 Å². The van der Waals surface area contributed by atoms with Crippen LogP contribution >= 0.6 is 15.9 Å². The smallest absolute Gasteiger partial charge is 0.162 e. The van der Waals surface area contributed by atoms with Gasteiger partial charge in [0, 0.05) is 15.4 Å². The lowest BCUT2D eigenvalue weighted by molar-refractivity contribution is 1.23. The molecule has 0 atom stereocenters. The van der Waals surface area contributed by atoms with Crippen LogP contribution in [0.25, 0.3) is 22.3 Å². The van der Waals surface area contributed by atoms with E-state index in [-0.39, 0.29) is 0 Å². The number of benzene rings is 2. The third kappa shape index (κ3) is 2.31. The molecule has 0 amide bonds. The molecule has 0 aliphatic rings. The average Bonchev–Trinajstić information content (AvgIpc) is 2.39. The predicted octanol–water partition coefficient (Wildman–Crippen LogP) is 3.95. The molecule has 3 aromatic rings. The van der Waals surface area contributed by atoms with E-state index < -0.39 is 0 Å². The van der Waals surface area contributed by atoms with E-state index in [1.807, 2.05) is 43.3 Å². The summed E-state index contributed by atoms with van der Waals surface area (Å²) in [6.07, 6.45) is 0. The highest BCUT2D eigenvalue weighted by molar-refractivity contribution is 9.10. The van der Waals surface area contributed by atoms with E-state index in [1.165, 1.54) is 5.56 Å². The van der Waals surface area contributed by atoms with Gasteiger partial charge in [0.1, 0.15) is 5.82 Å². The maximum atomic E-state index is 6.03. The van der Waals surface area contributed by atoms with Crippen LogP contribution in [-0.4, -0.2) is 9.97 Å². The van der Waals surface area contributed by atoms with E-state index in [0.717, 1.165) is 20.9 Å². The fourth-order valence-corrected chi connectivity index (χ4v) is 2.40. The van der Waals surface area contributed by atoms with Crippen molar-refractivity contribution in [2.45, 2.75) is 6.92 Å². The largest absolute Gasteiger partial charge is 0.383 e. The fraction of sp³-hybridized carbons (Fsp3) is 0.0667. The second kappa shape index (κ2) is 4.63. The molecule has 2 N–H and O–H groups in total. The molecule has 0 aliphatic heterocycles. The summed E-state index contributed by atoms with van der Waals surface area (Å²) >= 11 is 3.43. The van der Waals surface area contributed by atoms with Crippen molar-refractivity contribution >= 4 is 32.7 Å². The van der Waals surface area contributed by atoms with Crippen molar-refractivity contribution in [1.82, 2.24) is 9.97 Å². The monoisotopic (exact) mass is 313 g/mol. The first-order valence-electron chi connectivity index (χ1n) is 5.93. The zero-order valence-electron chi connectivity index (χ0n) is 10.4. The highest BCUT2D eigenvalue weighted by atomic mass is 79.9. The Morgan fingerprint density at radius 1 is 1.05 bits per heavy atom. The third-order valence-electron chi connectivity index (χ3n) is 2.96. The molecule has 0 unspecified atom stereocenters. The van der Waals surface area contributed by atoms with Gasteiger partial charge in [-0.3, -0.25) is 0 Å². The number of fused-ring (bicyclic) bond motifs is 1. The number of rotatable bonds is 1. The summed E-state index contributed by atoms with van der Waals surface area (Å²) in [5.41, 5.74) is 9.04. The molecule has 2 aromatic carbocycles. The molecule has 3 rings (SSSR count). The summed E-state index contributed by atoms with van der Waals surface area (Å²) in [7, 11) is 0. The molecule has 19 heavy (non-hydrogen) atoms. The van der Waals surface area contributed by atoms with Crippen LogP contribution in [-0.2, 0) is 0 Å². The molecule has 1 aromatic heterocycles. The molecule has 4 heteroatoms. The molecule has 0 saturated carbocycles. The van der Waals surface area contributed by atoms with Crippen LogP contribution in [0.2, 0.25) is 0 Å². The number of nitrogens with two attached hydrogens (primary N) is 1. The quantitative estimate of drug-likeness (QED) is 0.740. The van der Waals surface area contributed by atoms with Crippen LogP contribution in [0.4, 0.5) is 5.82 Å². The number of hydrogen-bond acceptors (Lipinski definition) is 3. The summed E-state index contributed by atoms with van der Waals surface area (Å²) in [5, 5.41) is 0.866. The zero-order chi connectivity index (χ0) is 13.4. The van der Waals surface area contributed by atoms with Gasteiger partial charge in [0.05, 0.1) is 5.52 Å². The SMILES string of the molecule is Cc1cccc(-c2nc(N)c3cc(Br)ccc3n2)c1. The lowest BCUT2D eigenvalue weighted by Gasteiger charge is -2.06. The Labute approximate surface area is 119 Å². The van der Waals surface area contributed by atoms with Gasteiger partial charge in [-0.25, -0.2) is 9.97 Å². The second-order valence-electron chi connectivity index (χ2n) is 4.46. The maximum Gasteiger partial charge on any atom is 0.162 e. The van der Waals surface area contributed by atoms with E-state index >= 15 is 0 Å². The molecule has 0 spiro atoms. The molecule has 1 heterocycles. The van der Waals surface area contributed by atoms with Gasteiger partial charge in [-0.1, -0.05) is 39.7 Å². The molecule has 0 radical (unpaired) electrons. The molecule has 0 aliphatic carbocycles. The molecule has 0 fully saturated rings. The molecule has 3 nitrogen and oxygen atoms in total. The van der Waals surface area contributed by atoms with Crippen LogP contribution < -0.4 is 5.73 Å². The van der Waals surface area contributed by atoms with Crippen LogP contribution in [0.15, 0.2) is 46.9 Å². The number of hydrogen-bond donors (Lipinski definition) is 1. The first kappa shape index (κ1) is 12.1. The molecule has 94 valence electrons. The summed E-state index contributed by atoms with van der Waals surface area (Å²) in [6.45, 7) is 2.05.